The van der Waals surface area contributed by atoms with E-state index in [9.17, 15) is 15.0 Å². The first-order valence-electron chi connectivity index (χ1n) is 8.19. The van der Waals surface area contributed by atoms with Crippen molar-refractivity contribution in [3.05, 3.63) is 64.7 Å². The number of carbonyl (C=O) groups is 1. The fraction of sp³-hybridized carbons (Fsp3) is 0.350. The van der Waals surface area contributed by atoms with Crippen LogP contribution in [0, 0.1) is 0 Å². The quantitative estimate of drug-likeness (QED) is 0.891. The van der Waals surface area contributed by atoms with Crippen LogP contribution in [0.15, 0.2) is 42.5 Å². The van der Waals surface area contributed by atoms with Crippen molar-refractivity contribution in [2.24, 2.45) is 0 Å². The molecule has 4 nitrogen and oxygen atoms in total. The molecule has 1 heterocycles. The molecular formula is C20H20O4. The summed E-state index contributed by atoms with van der Waals surface area (Å²) < 4.78 is 5.70. The Labute approximate surface area is 140 Å². The van der Waals surface area contributed by atoms with Crippen LogP contribution in [0.5, 0.6) is 5.75 Å². The van der Waals surface area contributed by atoms with Gasteiger partial charge in [0, 0.05) is 16.7 Å². The van der Waals surface area contributed by atoms with Crippen molar-refractivity contribution < 1.29 is 19.7 Å². The van der Waals surface area contributed by atoms with E-state index in [1.807, 2.05) is 6.07 Å². The van der Waals surface area contributed by atoms with Crippen LogP contribution < -0.4 is 4.74 Å². The molecule has 2 aliphatic rings. The van der Waals surface area contributed by atoms with Crippen molar-refractivity contribution in [1.82, 2.24) is 0 Å². The molecule has 0 saturated carbocycles. The molecule has 4 rings (SSSR count). The lowest BCUT2D eigenvalue weighted by molar-refractivity contribution is -0.224. The van der Waals surface area contributed by atoms with Gasteiger partial charge in [-0.2, -0.15) is 0 Å². The summed E-state index contributed by atoms with van der Waals surface area (Å²) in [5.74, 6) is -2.25. The van der Waals surface area contributed by atoms with E-state index in [1.54, 1.807) is 36.4 Å². The van der Waals surface area contributed by atoms with Crippen LogP contribution in [0.25, 0.3) is 0 Å². The largest absolute Gasteiger partial charge is 0.454 e. The molecule has 124 valence electrons. The maximum absolute atomic E-state index is 12.9. The van der Waals surface area contributed by atoms with Crippen molar-refractivity contribution in [1.29, 1.82) is 0 Å². The molecular weight excluding hydrogens is 304 g/mol. The molecule has 0 radical (unpaired) electrons. The van der Waals surface area contributed by atoms with Crippen LogP contribution in [-0.4, -0.2) is 16.0 Å². The third-order valence-electron chi connectivity index (χ3n) is 5.65. The highest BCUT2D eigenvalue weighted by molar-refractivity contribution is 6.09. The van der Waals surface area contributed by atoms with Crippen molar-refractivity contribution >= 4 is 5.78 Å². The van der Waals surface area contributed by atoms with E-state index in [0.29, 0.717) is 22.4 Å². The minimum atomic E-state index is -2.11. The molecule has 1 aliphatic heterocycles. The SMILES string of the molecule is CCC(C)(C)c1ccc2c(c1)C1(O)C(=O)c3ccccc3C1(O)O2. The molecule has 2 aromatic rings. The summed E-state index contributed by atoms with van der Waals surface area (Å²) in [6.07, 6.45) is 0.906. The number of carbonyl (C=O) groups excluding carboxylic acids is 1. The van der Waals surface area contributed by atoms with Crippen LogP contribution in [0.2, 0.25) is 0 Å². The van der Waals surface area contributed by atoms with Crippen molar-refractivity contribution in [3.8, 4) is 5.75 Å². The van der Waals surface area contributed by atoms with Gasteiger partial charge >= 0.3 is 0 Å². The van der Waals surface area contributed by atoms with E-state index in [-0.39, 0.29) is 5.41 Å². The van der Waals surface area contributed by atoms with E-state index < -0.39 is 17.2 Å². The Morgan fingerprint density at radius 1 is 1.08 bits per heavy atom. The molecule has 4 heteroatoms. The highest BCUT2D eigenvalue weighted by Crippen LogP contribution is 2.58. The van der Waals surface area contributed by atoms with E-state index in [1.165, 1.54) is 0 Å². The predicted molar refractivity (Wildman–Crippen MR) is 89.0 cm³/mol. The summed E-state index contributed by atoms with van der Waals surface area (Å²) in [5, 5.41) is 22.4. The van der Waals surface area contributed by atoms with Gasteiger partial charge in [-0.25, -0.2) is 0 Å². The summed E-state index contributed by atoms with van der Waals surface area (Å²) in [7, 11) is 0. The molecule has 0 fully saturated rings. The van der Waals surface area contributed by atoms with Gasteiger partial charge < -0.3 is 14.9 Å². The average Bonchev–Trinajstić information content (AvgIpc) is 2.91. The average molecular weight is 324 g/mol. The van der Waals surface area contributed by atoms with Crippen LogP contribution in [0.1, 0.15) is 54.2 Å². The van der Waals surface area contributed by atoms with Gasteiger partial charge in [0.1, 0.15) is 5.75 Å². The number of benzene rings is 2. The van der Waals surface area contributed by atoms with Crippen LogP contribution >= 0.6 is 0 Å². The van der Waals surface area contributed by atoms with Gasteiger partial charge in [-0.15, -0.1) is 0 Å². The normalized spacial score (nSPS) is 27.5. The smallest absolute Gasteiger partial charge is 0.276 e. The van der Waals surface area contributed by atoms with E-state index >= 15 is 0 Å². The number of aliphatic hydroxyl groups is 2. The second kappa shape index (κ2) is 4.47. The first-order valence-corrected chi connectivity index (χ1v) is 8.19. The van der Waals surface area contributed by atoms with Gasteiger partial charge in [0.25, 0.3) is 5.79 Å². The van der Waals surface area contributed by atoms with Crippen LogP contribution in [0.3, 0.4) is 0 Å². The van der Waals surface area contributed by atoms with Gasteiger partial charge in [-0.3, -0.25) is 4.79 Å². The number of ether oxygens (including phenoxy) is 1. The summed E-state index contributed by atoms with van der Waals surface area (Å²) in [5.41, 5.74) is -0.274. The molecule has 2 unspecified atom stereocenters. The number of hydrogen-bond donors (Lipinski definition) is 2. The van der Waals surface area contributed by atoms with E-state index in [0.717, 1.165) is 12.0 Å². The maximum atomic E-state index is 12.9. The number of rotatable bonds is 2. The molecule has 0 aromatic heterocycles. The van der Waals surface area contributed by atoms with E-state index in [4.69, 9.17) is 4.74 Å². The van der Waals surface area contributed by atoms with Gasteiger partial charge in [0.2, 0.25) is 11.4 Å². The minimum absolute atomic E-state index is 0.111. The Morgan fingerprint density at radius 2 is 1.79 bits per heavy atom. The summed E-state index contributed by atoms with van der Waals surface area (Å²) in [6.45, 7) is 6.29. The monoisotopic (exact) mass is 324 g/mol. The van der Waals surface area contributed by atoms with Gasteiger partial charge in [-0.05, 0) is 29.5 Å². The lowest BCUT2D eigenvalue weighted by Crippen LogP contribution is -2.48. The van der Waals surface area contributed by atoms with Crippen LogP contribution in [0.4, 0.5) is 0 Å². The van der Waals surface area contributed by atoms with Crippen molar-refractivity contribution in [3.63, 3.8) is 0 Å². The highest BCUT2D eigenvalue weighted by atomic mass is 16.7. The van der Waals surface area contributed by atoms with Crippen LogP contribution in [-0.2, 0) is 16.8 Å². The van der Waals surface area contributed by atoms with Gasteiger partial charge in [0.15, 0.2) is 0 Å². The predicted octanol–water partition coefficient (Wildman–Crippen LogP) is 3.00. The molecule has 2 N–H and O–H groups in total. The zero-order chi connectivity index (χ0) is 17.3. The van der Waals surface area contributed by atoms with Crippen molar-refractivity contribution in [2.75, 3.05) is 0 Å². The summed E-state index contributed by atoms with van der Waals surface area (Å²) in [4.78, 5) is 12.9. The van der Waals surface area contributed by atoms with Gasteiger partial charge in [-0.1, -0.05) is 51.1 Å². The molecule has 1 aliphatic carbocycles. The second-order valence-corrected chi connectivity index (χ2v) is 7.28. The fourth-order valence-electron chi connectivity index (χ4n) is 3.64. The lowest BCUT2D eigenvalue weighted by atomic mass is 9.79. The second-order valence-electron chi connectivity index (χ2n) is 7.28. The molecule has 0 saturated heterocycles. The topological polar surface area (TPSA) is 66.8 Å². The molecule has 2 atom stereocenters. The number of ketones is 1. The summed E-state index contributed by atoms with van der Waals surface area (Å²) >= 11 is 0. The Kier molecular flexibility index (Phi) is 2.86. The zero-order valence-electron chi connectivity index (χ0n) is 14.0. The first kappa shape index (κ1) is 15.4. The number of Topliss-reactive ketones (excluding diaryl/α,β-unsaturated/α-hetero) is 1. The third-order valence-corrected chi connectivity index (χ3v) is 5.65. The Bertz CT molecular complexity index is 870. The Hall–Kier alpha value is -2.17. The molecule has 0 bridgehead atoms. The Balaban J connectivity index is 1.96. The van der Waals surface area contributed by atoms with Crippen molar-refractivity contribution in [2.45, 2.75) is 44.0 Å². The first-order chi connectivity index (χ1) is 11.3. The van der Waals surface area contributed by atoms with E-state index in [2.05, 4.69) is 20.8 Å². The minimum Gasteiger partial charge on any atom is -0.454 e. The third kappa shape index (κ3) is 1.57. The standard InChI is InChI=1S/C20H20O4/c1-4-18(2,3)12-9-10-16-15(11-12)19(22)17(21)13-7-5-6-8-14(13)20(19,23)24-16/h5-11,22-23H,4H2,1-3H3. The molecule has 24 heavy (non-hydrogen) atoms. The highest BCUT2D eigenvalue weighted by Gasteiger charge is 2.70. The number of fused-ring (bicyclic) bond motifs is 5. The fourth-order valence-corrected chi connectivity index (χ4v) is 3.64. The molecule has 0 spiro atoms. The summed E-state index contributed by atoms with van der Waals surface area (Å²) in [6, 6.07) is 12.1. The molecule has 0 amide bonds. The Morgan fingerprint density at radius 3 is 2.50 bits per heavy atom. The molecule has 2 aromatic carbocycles. The zero-order valence-corrected chi connectivity index (χ0v) is 14.0. The lowest BCUT2D eigenvalue weighted by Gasteiger charge is -2.29. The maximum Gasteiger partial charge on any atom is 0.276 e. The van der Waals surface area contributed by atoms with Gasteiger partial charge in [0.05, 0.1) is 0 Å². The number of hydrogen-bond acceptors (Lipinski definition) is 4.